The molecule has 0 bridgehead atoms. The molecular formula is C15H19N3O5. The molecule has 1 N–H and O–H groups in total. The molecule has 1 saturated heterocycles. The normalized spacial score (nSPS) is 18.3. The molecule has 124 valence electrons. The van der Waals surface area contributed by atoms with Gasteiger partial charge in [-0.05, 0) is 26.3 Å². The highest BCUT2D eigenvalue weighted by Gasteiger charge is 2.34. The van der Waals surface area contributed by atoms with Gasteiger partial charge >= 0.3 is 6.09 Å². The maximum absolute atomic E-state index is 12.3. The maximum Gasteiger partial charge on any atom is 0.411 e. The Morgan fingerprint density at radius 3 is 2.48 bits per heavy atom. The predicted octanol–water partition coefficient (Wildman–Crippen LogP) is 2.00. The molecule has 2 rings (SSSR count). The van der Waals surface area contributed by atoms with Gasteiger partial charge in [-0.3, -0.25) is 19.8 Å². The third-order valence-electron chi connectivity index (χ3n) is 3.30. The minimum Gasteiger partial charge on any atom is -0.444 e. The first-order chi connectivity index (χ1) is 10.7. The fourth-order valence-electron chi connectivity index (χ4n) is 2.27. The minimum absolute atomic E-state index is 0.0302. The van der Waals surface area contributed by atoms with Gasteiger partial charge in [-0.25, -0.2) is 4.79 Å². The molecule has 8 nitrogen and oxygen atoms in total. The van der Waals surface area contributed by atoms with Crippen LogP contribution in [0.4, 0.5) is 10.5 Å². The van der Waals surface area contributed by atoms with E-state index in [1.165, 1.54) is 17.0 Å². The van der Waals surface area contributed by atoms with Gasteiger partial charge in [0.15, 0.2) is 0 Å². The topological polar surface area (TPSA) is 102 Å². The molecule has 0 aliphatic carbocycles. The smallest absolute Gasteiger partial charge is 0.411 e. The first kappa shape index (κ1) is 16.7. The van der Waals surface area contributed by atoms with Crippen LogP contribution >= 0.6 is 0 Å². The zero-order valence-corrected chi connectivity index (χ0v) is 13.2. The van der Waals surface area contributed by atoms with Crippen molar-refractivity contribution in [3.63, 3.8) is 0 Å². The van der Waals surface area contributed by atoms with E-state index in [1.54, 1.807) is 32.9 Å². The van der Waals surface area contributed by atoms with Gasteiger partial charge in [0.25, 0.3) is 5.69 Å². The van der Waals surface area contributed by atoms with Crippen molar-refractivity contribution in [3.8, 4) is 0 Å². The lowest BCUT2D eigenvalue weighted by Gasteiger charge is -2.36. The van der Waals surface area contributed by atoms with Crippen LogP contribution in [-0.2, 0) is 9.53 Å². The van der Waals surface area contributed by atoms with E-state index in [0.29, 0.717) is 5.56 Å². The number of nitro benzene ring substituents is 1. The zero-order valence-electron chi connectivity index (χ0n) is 13.2. The molecule has 0 spiro atoms. The second-order valence-corrected chi connectivity index (χ2v) is 6.28. The highest BCUT2D eigenvalue weighted by atomic mass is 16.6. The molecule has 1 aromatic rings. The number of piperazine rings is 1. The van der Waals surface area contributed by atoms with E-state index in [0.717, 1.165) is 0 Å². The van der Waals surface area contributed by atoms with Crippen molar-refractivity contribution < 1.29 is 19.2 Å². The molecule has 0 radical (unpaired) electrons. The van der Waals surface area contributed by atoms with Gasteiger partial charge in [-0.1, -0.05) is 12.1 Å². The number of carbonyl (C=O) groups excluding carboxylic acids is 2. The van der Waals surface area contributed by atoms with E-state index in [-0.39, 0.29) is 24.7 Å². The van der Waals surface area contributed by atoms with Gasteiger partial charge in [0.1, 0.15) is 12.1 Å². The molecule has 8 heteroatoms. The molecule has 1 fully saturated rings. The Hall–Kier alpha value is -2.64. The molecule has 1 unspecified atom stereocenters. The maximum atomic E-state index is 12.3. The number of amides is 2. The van der Waals surface area contributed by atoms with Crippen LogP contribution in [0.15, 0.2) is 24.3 Å². The summed E-state index contributed by atoms with van der Waals surface area (Å²) < 4.78 is 5.34. The average Bonchev–Trinajstić information content (AvgIpc) is 2.45. The Balaban J connectivity index is 2.24. The first-order valence-corrected chi connectivity index (χ1v) is 7.18. The van der Waals surface area contributed by atoms with Crippen molar-refractivity contribution in [1.29, 1.82) is 0 Å². The van der Waals surface area contributed by atoms with Crippen molar-refractivity contribution in [2.45, 2.75) is 32.4 Å². The first-order valence-electron chi connectivity index (χ1n) is 7.18. The number of nitro groups is 1. The van der Waals surface area contributed by atoms with Gasteiger partial charge in [-0.15, -0.1) is 0 Å². The highest BCUT2D eigenvalue weighted by Crippen LogP contribution is 2.26. The minimum atomic E-state index is -0.676. The number of hydrogen-bond acceptors (Lipinski definition) is 5. The van der Waals surface area contributed by atoms with E-state index >= 15 is 0 Å². The number of nitrogens with zero attached hydrogens (tertiary/aromatic N) is 2. The van der Waals surface area contributed by atoms with E-state index in [2.05, 4.69) is 5.32 Å². The summed E-state index contributed by atoms with van der Waals surface area (Å²) in [5, 5.41) is 13.4. The van der Waals surface area contributed by atoms with Gasteiger partial charge in [0.05, 0.1) is 11.0 Å². The number of nitrogens with one attached hydrogen (secondary N) is 1. The van der Waals surface area contributed by atoms with Crippen LogP contribution in [0.3, 0.4) is 0 Å². The summed E-state index contributed by atoms with van der Waals surface area (Å²) >= 11 is 0. The van der Waals surface area contributed by atoms with E-state index in [9.17, 15) is 19.7 Å². The summed E-state index contributed by atoms with van der Waals surface area (Å²) in [5.74, 6) is -0.269. The van der Waals surface area contributed by atoms with Crippen molar-refractivity contribution in [1.82, 2.24) is 10.2 Å². The predicted molar refractivity (Wildman–Crippen MR) is 81.8 cm³/mol. The average molecular weight is 321 g/mol. The number of rotatable bonds is 2. The summed E-state index contributed by atoms with van der Waals surface area (Å²) in [7, 11) is 0. The molecule has 1 atom stereocenters. The van der Waals surface area contributed by atoms with Crippen LogP contribution in [-0.4, -0.2) is 40.5 Å². The van der Waals surface area contributed by atoms with Gasteiger partial charge in [0, 0.05) is 18.7 Å². The summed E-state index contributed by atoms with van der Waals surface area (Å²) in [4.78, 5) is 35.5. The second-order valence-electron chi connectivity index (χ2n) is 6.28. The highest BCUT2D eigenvalue weighted by molar-refractivity contribution is 5.84. The Morgan fingerprint density at radius 1 is 1.35 bits per heavy atom. The zero-order chi connectivity index (χ0) is 17.2. The number of benzene rings is 1. The largest absolute Gasteiger partial charge is 0.444 e. The van der Waals surface area contributed by atoms with E-state index in [1.807, 2.05) is 0 Å². The van der Waals surface area contributed by atoms with Crippen LogP contribution in [0.5, 0.6) is 0 Å². The monoisotopic (exact) mass is 321 g/mol. The summed E-state index contributed by atoms with van der Waals surface area (Å²) in [5.41, 5.74) is -0.00994. The quantitative estimate of drug-likeness (QED) is 0.663. The second kappa shape index (κ2) is 6.23. The summed E-state index contributed by atoms with van der Waals surface area (Å²) in [6.45, 7) is 5.36. The molecule has 1 aliphatic heterocycles. The Bertz CT molecular complexity index is 621. The SMILES string of the molecule is CC(C)(C)OC(=O)N1CC(=O)NCC1c1ccc([N+](=O)[O-])cc1. The molecule has 0 aromatic heterocycles. The standard InChI is InChI=1S/C15H19N3O5/c1-15(2,3)23-14(20)17-9-13(19)16-8-12(17)10-4-6-11(7-5-10)18(21)22/h4-7,12H,8-9H2,1-3H3,(H,16,19). The molecule has 0 saturated carbocycles. The van der Waals surface area contributed by atoms with Crippen LogP contribution in [0.1, 0.15) is 32.4 Å². The molecule has 1 heterocycles. The van der Waals surface area contributed by atoms with Gasteiger partial charge in [0.2, 0.25) is 5.91 Å². The molecule has 2 amide bonds. The molecule has 1 aromatic carbocycles. The lowest BCUT2D eigenvalue weighted by Crippen LogP contribution is -2.52. The Labute approximate surface area is 133 Å². The van der Waals surface area contributed by atoms with Crippen LogP contribution in [0.25, 0.3) is 0 Å². The van der Waals surface area contributed by atoms with Crippen molar-refractivity contribution >= 4 is 17.7 Å². The number of carbonyl (C=O) groups is 2. The number of hydrogen-bond donors (Lipinski definition) is 1. The van der Waals surface area contributed by atoms with Crippen LogP contribution < -0.4 is 5.32 Å². The fourth-order valence-corrected chi connectivity index (χ4v) is 2.27. The molecule has 1 aliphatic rings. The fraction of sp³-hybridized carbons (Fsp3) is 0.467. The van der Waals surface area contributed by atoms with E-state index < -0.39 is 22.7 Å². The Morgan fingerprint density at radius 2 is 1.96 bits per heavy atom. The van der Waals surface area contributed by atoms with Gasteiger partial charge < -0.3 is 10.1 Å². The number of non-ortho nitro benzene ring substituents is 1. The van der Waals surface area contributed by atoms with Crippen molar-refractivity contribution in [3.05, 3.63) is 39.9 Å². The third kappa shape index (κ3) is 4.18. The lowest BCUT2D eigenvalue weighted by molar-refractivity contribution is -0.384. The van der Waals surface area contributed by atoms with Crippen molar-refractivity contribution in [2.75, 3.05) is 13.1 Å². The van der Waals surface area contributed by atoms with Crippen molar-refractivity contribution in [2.24, 2.45) is 0 Å². The van der Waals surface area contributed by atoms with Crippen LogP contribution in [0, 0.1) is 10.1 Å². The lowest BCUT2D eigenvalue weighted by atomic mass is 10.0. The molecular weight excluding hydrogens is 302 g/mol. The van der Waals surface area contributed by atoms with Gasteiger partial charge in [-0.2, -0.15) is 0 Å². The van der Waals surface area contributed by atoms with Crippen LogP contribution in [0.2, 0.25) is 0 Å². The van der Waals surface area contributed by atoms with E-state index in [4.69, 9.17) is 4.74 Å². The summed E-state index contributed by atoms with van der Waals surface area (Å²) in [6, 6.07) is 5.48. The Kier molecular flexibility index (Phi) is 4.53. The third-order valence-corrected chi connectivity index (χ3v) is 3.30. The summed E-state index contributed by atoms with van der Waals surface area (Å²) in [6.07, 6.45) is -0.587. The number of ether oxygens (including phenoxy) is 1. The molecule has 23 heavy (non-hydrogen) atoms.